The Bertz CT molecular complexity index is 883. The zero-order valence-corrected chi connectivity index (χ0v) is 17.5. The van der Waals surface area contributed by atoms with E-state index in [1.807, 2.05) is 0 Å². The summed E-state index contributed by atoms with van der Waals surface area (Å²) in [5.41, 5.74) is 0.597. The second kappa shape index (κ2) is 9.85. The SMILES string of the molecule is COc1cccc(C(=O)N2CCC(NC(=O)COc3ccc(Cl)cc3Cl)CC2)c1. The average Bonchev–Trinajstić information content (AvgIpc) is 2.73. The van der Waals surface area contributed by atoms with Crippen molar-refractivity contribution < 1.29 is 19.1 Å². The Labute approximate surface area is 179 Å². The van der Waals surface area contributed by atoms with Crippen LogP contribution in [0.25, 0.3) is 0 Å². The van der Waals surface area contributed by atoms with E-state index in [1.165, 1.54) is 0 Å². The molecule has 1 fully saturated rings. The highest BCUT2D eigenvalue weighted by atomic mass is 35.5. The molecule has 6 nitrogen and oxygen atoms in total. The number of amides is 2. The van der Waals surface area contributed by atoms with Crippen LogP contribution in [0.4, 0.5) is 0 Å². The predicted molar refractivity (Wildman–Crippen MR) is 112 cm³/mol. The topological polar surface area (TPSA) is 67.9 Å². The van der Waals surface area contributed by atoms with E-state index in [0.29, 0.717) is 53.0 Å². The molecule has 0 radical (unpaired) electrons. The van der Waals surface area contributed by atoms with Crippen LogP contribution in [0.2, 0.25) is 10.0 Å². The number of carbonyl (C=O) groups excluding carboxylic acids is 2. The van der Waals surface area contributed by atoms with E-state index >= 15 is 0 Å². The number of likely N-dealkylation sites (tertiary alicyclic amines) is 1. The van der Waals surface area contributed by atoms with Crippen LogP contribution in [-0.2, 0) is 4.79 Å². The molecular formula is C21H22Cl2N2O4. The van der Waals surface area contributed by atoms with Crippen molar-refractivity contribution in [3.8, 4) is 11.5 Å². The van der Waals surface area contributed by atoms with Gasteiger partial charge in [-0.05, 0) is 49.2 Å². The van der Waals surface area contributed by atoms with Gasteiger partial charge in [0.25, 0.3) is 11.8 Å². The number of piperidine rings is 1. The second-order valence-electron chi connectivity index (χ2n) is 6.73. The Morgan fingerprint density at radius 2 is 1.90 bits per heavy atom. The molecule has 0 saturated carbocycles. The Balaban J connectivity index is 1.45. The minimum Gasteiger partial charge on any atom is -0.497 e. The highest BCUT2D eigenvalue weighted by Gasteiger charge is 2.25. The van der Waals surface area contributed by atoms with Crippen LogP contribution in [0.3, 0.4) is 0 Å². The maximum Gasteiger partial charge on any atom is 0.258 e. The summed E-state index contributed by atoms with van der Waals surface area (Å²) in [6.45, 7) is 1.01. The third-order valence-electron chi connectivity index (χ3n) is 4.72. The number of ether oxygens (including phenoxy) is 2. The van der Waals surface area contributed by atoms with Gasteiger partial charge in [-0.25, -0.2) is 0 Å². The molecule has 1 N–H and O–H groups in total. The van der Waals surface area contributed by atoms with Crippen molar-refractivity contribution in [2.24, 2.45) is 0 Å². The maximum atomic E-state index is 12.7. The minimum absolute atomic E-state index is 0.00106. The molecule has 154 valence electrons. The van der Waals surface area contributed by atoms with Crippen molar-refractivity contribution in [1.29, 1.82) is 0 Å². The van der Waals surface area contributed by atoms with Crippen LogP contribution in [0.5, 0.6) is 11.5 Å². The van der Waals surface area contributed by atoms with Gasteiger partial charge in [-0.15, -0.1) is 0 Å². The van der Waals surface area contributed by atoms with Crippen molar-refractivity contribution in [3.05, 3.63) is 58.1 Å². The summed E-state index contributed by atoms with van der Waals surface area (Å²) < 4.78 is 10.6. The number of hydrogen-bond donors (Lipinski definition) is 1. The predicted octanol–water partition coefficient (Wildman–Crippen LogP) is 3.80. The van der Waals surface area contributed by atoms with Gasteiger partial charge in [-0.2, -0.15) is 0 Å². The number of nitrogens with one attached hydrogen (secondary N) is 1. The first-order valence-electron chi connectivity index (χ1n) is 9.27. The summed E-state index contributed by atoms with van der Waals surface area (Å²) in [4.78, 5) is 26.6. The average molecular weight is 437 g/mol. The number of methoxy groups -OCH3 is 1. The Hall–Kier alpha value is -2.44. The van der Waals surface area contributed by atoms with Crippen molar-refractivity contribution in [2.45, 2.75) is 18.9 Å². The van der Waals surface area contributed by atoms with E-state index in [2.05, 4.69) is 5.32 Å². The third kappa shape index (κ3) is 5.78. The van der Waals surface area contributed by atoms with Gasteiger partial charge in [-0.3, -0.25) is 9.59 Å². The molecule has 29 heavy (non-hydrogen) atoms. The Morgan fingerprint density at radius 3 is 2.59 bits per heavy atom. The van der Waals surface area contributed by atoms with Crippen LogP contribution < -0.4 is 14.8 Å². The number of hydrogen-bond acceptors (Lipinski definition) is 4. The van der Waals surface area contributed by atoms with Gasteiger partial charge >= 0.3 is 0 Å². The summed E-state index contributed by atoms with van der Waals surface area (Å²) in [5.74, 6) is 0.798. The first-order valence-corrected chi connectivity index (χ1v) is 10.0. The van der Waals surface area contributed by atoms with E-state index in [4.69, 9.17) is 32.7 Å². The highest BCUT2D eigenvalue weighted by molar-refractivity contribution is 6.35. The first kappa shape index (κ1) is 21.3. The third-order valence-corrected chi connectivity index (χ3v) is 5.25. The summed E-state index contributed by atoms with van der Waals surface area (Å²) >= 11 is 11.9. The van der Waals surface area contributed by atoms with E-state index in [9.17, 15) is 9.59 Å². The Morgan fingerprint density at radius 1 is 1.14 bits per heavy atom. The summed E-state index contributed by atoms with van der Waals surface area (Å²) in [7, 11) is 1.57. The quantitative estimate of drug-likeness (QED) is 0.747. The molecule has 8 heteroatoms. The normalized spacial score (nSPS) is 14.4. The molecule has 0 bridgehead atoms. The lowest BCUT2D eigenvalue weighted by molar-refractivity contribution is -0.124. The lowest BCUT2D eigenvalue weighted by Gasteiger charge is -2.32. The molecule has 0 aliphatic carbocycles. The van der Waals surface area contributed by atoms with Gasteiger partial charge in [0.05, 0.1) is 12.1 Å². The highest BCUT2D eigenvalue weighted by Crippen LogP contribution is 2.27. The number of halogens is 2. The lowest BCUT2D eigenvalue weighted by atomic mass is 10.0. The standard InChI is InChI=1S/C21H22Cl2N2O4/c1-28-17-4-2-3-14(11-17)21(27)25-9-7-16(8-10-25)24-20(26)13-29-19-6-5-15(22)12-18(19)23/h2-6,11-12,16H,7-10,13H2,1H3,(H,24,26). The summed E-state index contributed by atoms with van der Waals surface area (Å²) in [6, 6.07) is 11.9. The molecular weight excluding hydrogens is 415 g/mol. The zero-order chi connectivity index (χ0) is 20.8. The number of rotatable bonds is 6. The first-order chi connectivity index (χ1) is 14.0. The molecule has 1 aliphatic rings. The molecule has 0 unspecified atom stereocenters. The van der Waals surface area contributed by atoms with Crippen molar-refractivity contribution >= 4 is 35.0 Å². The summed E-state index contributed by atoms with van der Waals surface area (Å²) in [6.07, 6.45) is 1.37. The molecule has 0 aromatic heterocycles. The maximum absolute atomic E-state index is 12.7. The van der Waals surface area contributed by atoms with Crippen LogP contribution in [-0.4, -0.2) is 49.6 Å². The van der Waals surface area contributed by atoms with Crippen molar-refractivity contribution in [3.63, 3.8) is 0 Å². The Kier molecular flexibility index (Phi) is 7.23. The van der Waals surface area contributed by atoms with Gasteiger partial charge in [0, 0.05) is 29.7 Å². The van der Waals surface area contributed by atoms with E-state index in [0.717, 1.165) is 0 Å². The molecule has 2 aromatic rings. The van der Waals surface area contributed by atoms with E-state index < -0.39 is 0 Å². The van der Waals surface area contributed by atoms with Crippen LogP contribution in [0.1, 0.15) is 23.2 Å². The van der Waals surface area contributed by atoms with Crippen LogP contribution in [0.15, 0.2) is 42.5 Å². The van der Waals surface area contributed by atoms with Crippen LogP contribution >= 0.6 is 23.2 Å². The lowest BCUT2D eigenvalue weighted by Crippen LogP contribution is -2.47. The molecule has 1 saturated heterocycles. The molecule has 0 atom stereocenters. The molecule has 1 aliphatic heterocycles. The fourth-order valence-electron chi connectivity index (χ4n) is 3.17. The molecule has 1 heterocycles. The number of benzene rings is 2. The van der Waals surface area contributed by atoms with Gasteiger partial charge in [0.1, 0.15) is 11.5 Å². The summed E-state index contributed by atoms with van der Waals surface area (Å²) in [5, 5.41) is 3.80. The van der Waals surface area contributed by atoms with Gasteiger partial charge in [-0.1, -0.05) is 29.3 Å². The fourth-order valence-corrected chi connectivity index (χ4v) is 3.63. The molecule has 2 amide bonds. The molecule has 3 rings (SSSR count). The molecule has 0 spiro atoms. The fraction of sp³-hybridized carbons (Fsp3) is 0.333. The van der Waals surface area contributed by atoms with Gasteiger partial charge in [0.2, 0.25) is 0 Å². The monoisotopic (exact) mass is 436 g/mol. The smallest absolute Gasteiger partial charge is 0.258 e. The number of nitrogens with zero attached hydrogens (tertiary/aromatic N) is 1. The van der Waals surface area contributed by atoms with Crippen molar-refractivity contribution in [1.82, 2.24) is 10.2 Å². The largest absolute Gasteiger partial charge is 0.497 e. The minimum atomic E-state index is -0.228. The van der Waals surface area contributed by atoms with Crippen molar-refractivity contribution in [2.75, 3.05) is 26.8 Å². The van der Waals surface area contributed by atoms with E-state index in [-0.39, 0.29) is 24.5 Å². The molecule has 2 aromatic carbocycles. The van der Waals surface area contributed by atoms with E-state index in [1.54, 1.807) is 54.5 Å². The number of carbonyl (C=O) groups is 2. The van der Waals surface area contributed by atoms with Gasteiger partial charge in [0.15, 0.2) is 6.61 Å². The van der Waals surface area contributed by atoms with Crippen LogP contribution in [0, 0.1) is 0 Å². The van der Waals surface area contributed by atoms with Gasteiger partial charge < -0.3 is 19.7 Å². The zero-order valence-electron chi connectivity index (χ0n) is 16.0. The second-order valence-corrected chi connectivity index (χ2v) is 7.57.